The highest BCUT2D eigenvalue weighted by Gasteiger charge is 2.04. The van der Waals surface area contributed by atoms with Gasteiger partial charge >= 0.3 is 0 Å². The van der Waals surface area contributed by atoms with Crippen molar-refractivity contribution in [3.8, 4) is 0 Å². The van der Waals surface area contributed by atoms with Crippen molar-refractivity contribution < 1.29 is 0 Å². The van der Waals surface area contributed by atoms with E-state index in [1.54, 1.807) is 0 Å². The van der Waals surface area contributed by atoms with Gasteiger partial charge in [0.2, 0.25) is 0 Å². The molecule has 0 saturated carbocycles. The van der Waals surface area contributed by atoms with Crippen LogP contribution < -0.4 is 5.43 Å². The Hall–Kier alpha value is -0.500. The fraction of sp³-hybridized carbons (Fsp3) is 0.750. The van der Waals surface area contributed by atoms with Gasteiger partial charge in [-0.25, -0.2) is 5.43 Å². The zero-order valence-corrected chi connectivity index (χ0v) is 7.39. The minimum Gasteiger partial charge on any atom is -0.313 e. The maximum absolute atomic E-state index is 3.18. The van der Waals surface area contributed by atoms with Crippen molar-refractivity contribution in [3.63, 3.8) is 0 Å². The molecule has 0 spiro atoms. The number of nitrogens with one attached hydrogen (secondary N) is 1. The van der Waals surface area contributed by atoms with E-state index in [0.29, 0.717) is 6.04 Å². The molecule has 0 bridgehead atoms. The third-order valence-electron chi connectivity index (χ3n) is 1.21. The normalized spacial score (nSPS) is 15.5. The van der Waals surface area contributed by atoms with E-state index in [9.17, 15) is 0 Å². The average Bonchev–Trinajstić information content (AvgIpc) is 2.42. The predicted molar refractivity (Wildman–Crippen MR) is 45.5 cm³/mol. The van der Waals surface area contributed by atoms with Crippen LogP contribution in [0.1, 0.15) is 27.7 Å². The number of rotatable bonds is 1. The first kappa shape index (κ1) is 9.50. The number of nitrogens with zero attached hydrogens (tertiary/aromatic N) is 1. The largest absolute Gasteiger partial charge is 0.313 e. The van der Waals surface area contributed by atoms with Gasteiger partial charge in [0.15, 0.2) is 0 Å². The summed E-state index contributed by atoms with van der Waals surface area (Å²) in [6, 6.07) is 0.578. The molecule has 0 aromatic carbocycles. The Balaban J connectivity index is 0.000000371. The fourth-order valence-corrected chi connectivity index (χ4v) is 0.732. The second kappa shape index (κ2) is 5.30. The summed E-state index contributed by atoms with van der Waals surface area (Å²) in [6.07, 6.45) is 4.19. The molecule has 0 aliphatic carbocycles. The van der Waals surface area contributed by atoms with Crippen molar-refractivity contribution in [1.29, 1.82) is 0 Å². The molecule has 1 aliphatic rings. The molecule has 0 aromatic heterocycles. The van der Waals surface area contributed by atoms with Crippen LogP contribution >= 0.6 is 0 Å². The summed E-state index contributed by atoms with van der Waals surface area (Å²) >= 11 is 0. The van der Waals surface area contributed by atoms with Crippen molar-refractivity contribution in [2.24, 2.45) is 0 Å². The highest BCUT2D eigenvalue weighted by atomic mass is 15.5. The Morgan fingerprint density at radius 1 is 1.40 bits per heavy atom. The first-order valence-corrected chi connectivity index (χ1v) is 3.99. The van der Waals surface area contributed by atoms with E-state index in [4.69, 9.17) is 0 Å². The van der Waals surface area contributed by atoms with Crippen LogP contribution in [-0.2, 0) is 0 Å². The van der Waals surface area contributed by atoms with Crippen LogP contribution in [0.25, 0.3) is 0 Å². The maximum Gasteiger partial charge on any atom is 0.0391 e. The second-order valence-corrected chi connectivity index (χ2v) is 2.25. The van der Waals surface area contributed by atoms with Gasteiger partial charge in [0, 0.05) is 18.8 Å². The summed E-state index contributed by atoms with van der Waals surface area (Å²) in [5, 5.41) is 2.10. The minimum absolute atomic E-state index is 0.578. The average molecular weight is 142 g/mol. The molecule has 2 heteroatoms. The molecule has 0 radical (unpaired) electrons. The third kappa shape index (κ3) is 2.87. The summed E-state index contributed by atoms with van der Waals surface area (Å²) in [6.45, 7) is 9.30. The van der Waals surface area contributed by atoms with E-state index in [1.807, 2.05) is 13.8 Å². The van der Waals surface area contributed by atoms with Crippen LogP contribution in [0.15, 0.2) is 12.3 Å². The standard InChI is InChI=1S/C6H12N2.C2H6/c1-6(2)8-5-3-4-7-8;1-2/h3,5-7H,4H2,1-2H3;1-2H3. The topological polar surface area (TPSA) is 15.3 Å². The highest BCUT2D eigenvalue weighted by molar-refractivity contribution is 4.90. The molecule has 60 valence electrons. The smallest absolute Gasteiger partial charge is 0.0391 e. The van der Waals surface area contributed by atoms with Crippen LogP contribution in [-0.4, -0.2) is 17.6 Å². The van der Waals surface area contributed by atoms with E-state index in [-0.39, 0.29) is 0 Å². The van der Waals surface area contributed by atoms with E-state index >= 15 is 0 Å². The van der Waals surface area contributed by atoms with Crippen LogP contribution in [0.5, 0.6) is 0 Å². The molecule has 1 N–H and O–H groups in total. The monoisotopic (exact) mass is 142 g/mol. The van der Waals surface area contributed by atoms with Gasteiger partial charge in [0.05, 0.1) is 0 Å². The Morgan fingerprint density at radius 3 is 2.20 bits per heavy atom. The molecule has 1 heterocycles. The molecule has 0 saturated heterocycles. The van der Waals surface area contributed by atoms with Gasteiger partial charge in [-0.05, 0) is 13.8 Å². The minimum atomic E-state index is 0.578. The van der Waals surface area contributed by atoms with E-state index < -0.39 is 0 Å². The fourth-order valence-electron chi connectivity index (χ4n) is 0.732. The predicted octanol–water partition coefficient (Wildman–Crippen LogP) is 1.75. The van der Waals surface area contributed by atoms with Gasteiger partial charge in [-0.2, -0.15) is 0 Å². The van der Waals surface area contributed by atoms with Crippen LogP contribution in [0.4, 0.5) is 0 Å². The van der Waals surface area contributed by atoms with Gasteiger partial charge in [0.1, 0.15) is 0 Å². The van der Waals surface area contributed by atoms with Gasteiger partial charge in [0.25, 0.3) is 0 Å². The zero-order chi connectivity index (χ0) is 7.98. The second-order valence-electron chi connectivity index (χ2n) is 2.25. The Bertz CT molecular complexity index is 97.4. The molecule has 2 nitrogen and oxygen atoms in total. The summed E-state index contributed by atoms with van der Waals surface area (Å²) in [4.78, 5) is 0. The maximum atomic E-state index is 3.18. The Labute approximate surface area is 63.9 Å². The molecular formula is C8H18N2. The van der Waals surface area contributed by atoms with E-state index in [2.05, 4.69) is 36.6 Å². The number of hydrogen-bond donors (Lipinski definition) is 1. The third-order valence-corrected chi connectivity index (χ3v) is 1.21. The molecular weight excluding hydrogens is 124 g/mol. The lowest BCUT2D eigenvalue weighted by molar-refractivity contribution is 0.250. The molecule has 0 unspecified atom stereocenters. The lowest BCUT2D eigenvalue weighted by atomic mass is 10.4. The Morgan fingerprint density at radius 2 is 2.00 bits per heavy atom. The van der Waals surface area contributed by atoms with Gasteiger partial charge in [-0.1, -0.05) is 19.9 Å². The van der Waals surface area contributed by atoms with Crippen LogP contribution in [0.2, 0.25) is 0 Å². The SMILES string of the molecule is CC.CC(C)N1C=CCN1. The molecule has 0 fully saturated rings. The molecule has 1 aliphatic heterocycles. The Kier molecular flexibility index (Phi) is 5.03. The lowest BCUT2D eigenvalue weighted by Crippen LogP contribution is -2.34. The van der Waals surface area contributed by atoms with Gasteiger partial charge in [-0.15, -0.1) is 0 Å². The highest BCUT2D eigenvalue weighted by Crippen LogP contribution is 1.97. The summed E-state index contributed by atoms with van der Waals surface area (Å²) in [5.74, 6) is 0. The van der Waals surface area contributed by atoms with Crippen molar-refractivity contribution in [3.05, 3.63) is 12.3 Å². The molecule has 0 aromatic rings. The first-order valence-electron chi connectivity index (χ1n) is 3.99. The summed E-state index contributed by atoms with van der Waals surface area (Å²) in [7, 11) is 0. The lowest BCUT2D eigenvalue weighted by Gasteiger charge is -2.19. The van der Waals surface area contributed by atoms with Crippen molar-refractivity contribution in [2.45, 2.75) is 33.7 Å². The van der Waals surface area contributed by atoms with Crippen molar-refractivity contribution in [2.75, 3.05) is 6.54 Å². The first-order chi connectivity index (χ1) is 4.80. The van der Waals surface area contributed by atoms with Crippen molar-refractivity contribution >= 4 is 0 Å². The van der Waals surface area contributed by atoms with Crippen molar-refractivity contribution in [1.82, 2.24) is 10.4 Å². The van der Waals surface area contributed by atoms with Crippen LogP contribution in [0.3, 0.4) is 0 Å². The summed E-state index contributed by atoms with van der Waals surface area (Å²) < 4.78 is 0. The van der Waals surface area contributed by atoms with E-state index in [1.165, 1.54) is 0 Å². The molecule has 1 rings (SSSR count). The quantitative estimate of drug-likeness (QED) is 0.600. The van der Waals surface area contributed by atoms with Gasteiger partial charge in [-0.3, -0.25) is 0 Å². The van der Waals surface area contributed by atoms with Crippen LogP contribution in [0, 0.1) is 0 Å². The van der Waals surface area contributed by atoms with Gasteiger partial charge < -0.3 is 5.01 Å². The number of hydrogen-bond acceptors (Lipinski definition) is 2. The summed E-state index contributed by atoms with van der Waals surface area (Å²) in [5.41, 5.74) is 3.18. The molecule has 0 atom stereocenters. The molecule has 10 heavy (non-hydrogen) atoms. The molecule has 0 amide bonds. The number of hydrazine groups is 1. The van der Waals surface area contributed by atoms with E-state index in [0.717, 1.165) is 6.54 Å². The zero-order valence-electron chi connectivity index (χ0n) is 7.39.